The van der Waals surface area contributed by atoms with Gasteiger partial charge in [0, 0.05) is 45.1 Å². The summed E-state index contributed by atoms with van der Waals surface area (Å²) in [6, 6.07) is 7.94. The molecule has 1 aliphatic rings. The molecule has 1 atom stereocenters. The topological polar surface area (TPSA) is 72.2 Å². The van der Waals surface area contributed by atoms with Crippen LogP contribution in [0.4, 0.5) is 0 Å². The third-order valence-corrected chi connectivity index (χ3v) is 5.29. The van der Waals surface area contributed by atoms with E-state index in [1.807, 2.05) is 29.1 Å². The summed E-state index contributed by atoms with van der Waals surface area (Å²) in [7, 11) is 1.64. The standard InChI is InChI=1S/C22H34N4O4/c1-3-24(9-10-26-8-4-7-23-26)16-19-5-6-21(22(15-19)28-2)30-18-20(27)17-25-11-13-29-14-12-25/h4-8,15,20,27H,3,9-14,16-18H2,1-2H3/t20-/m0/s1. The Kier molecular flexibility index (Phi) is 8.95. The summed E-state index contributed by atoms with van der Waals surface area (Å²) >= 11 is 0. The number of likely N-dealkylation sites (N-methyl/N-ethyl adjacent to an activating group) is 1. The zero-order chi connectivity index (χ0) is 21.2. The first kappa shape index (κ1) is 22.6. The molecule has 0 radical (unpaired) electrons. The van der Waals surface area contributed by atoms with Crippen LogP contribution in [0.2, 0.25) is 0 Å². The lowest BCUT2D eigenvalue weighted by atomic mass is 10.2. The largest absolute Gasteiger partial charge is 0.493 e. The van der Waals surface area contributed by atoms with Crippen molar-refractivity contribution in [1.82, 2.24) is 19.6 Å². The van der Waals surface area contributed by atoms with Crippen molar-refractivity contribution >= 4 is 0 Å². The van der Waals surface area contributed by atoms with E-state index in [1.54, 1.807) is 13.3 Å². The number of hydrogen-bond acceptors (Lipinski definition) is 7. The minimum atomic E-state index is -0.551. The van der Waals surface area contributed by atoms with Gasteiger partial charge in [0.05, 0.1) is 26.9 Å². The SMILES string of the molecule is CCN(CCn1cccn1)Cc1ccc(OC[C@@H](O)CN2CCOCC2)c(OC)c1. The van der Waals surface area contributed by atoms with Crippen molar-refractivity contribution in [2.24, 2.45) is 0 Å². The van der Waals surface area contributed by atoms with E-state index >= 15 is 0 Å². The molecule has 1 aromatic heterocycles. The average Bonchev–Trinajstić information content (AvgIpc) is 3.30. The number of β-amino-alcohol motifs (C(OH)–C–C–N with tert-alkyl or cyclic N) is 1. The normalized spacial score (nSPS) is 16.0. The van der Waals surface area contributed by atoms with Gasteiger partial charge in [-0.25, -0.2) is 0 Å². The highest BCUT2D eigenvalue weighted by Gasteiger charge is 2.16. The maximum atomic E-state index is 10.3. The Morgan fingerprint density at radius 3 is 2.80 bits per heavy atom. The van der Waals surface area contributed by atoms with Crippen molar-refractivity contribution in [3.05, 3.63) is 42.2 Å². The first-order valence-electron chi connectivity index (χ1n) is 10.7. The summed E-state index contributed by atoms with van der Waals surface area (Å²) in [5.41, 5.74) is 1.16. The quantitative estimate of drug-likeness (QED) is 0.560. The fourth-order valence-electron chi connectivity index (χ4n) is 3.53. The fourth-order valence-corrected chi connectivity index (χ4v) is 3.53. The molecule has 8 heteroatoms. The number of aromatic nitrogens is 2. The van der Waals surface area contributed by atoms with E-state index in [9.17, 15) is 5.11 Å². The minimum absolute atomic E-state index is 0.234. The first-order chi connectivity index (χ1) is 14.7. The Bertz CT molecular complexity index is 735. The van der Waals surface area contributed by atoms with E-state index in [4.69, 9.17) is 14.2 Å². The highest BCUT2D eigenvalue weighted by molar-refractivity contribution is 5.43. The molecule has 166 valence electrons. The Morgan fingerprint density at radius 1 is 1.27 bits per heavy atom. The lowest BCUT2D eigenvalue weighted by Crippen LogP contribution is -2.42. The van der Waals surface area contributed by atoms with Crippen molar-refractivity contribution < 1.29 is 19.3 Å². The Morgan fingerprint density at radius 2 is 2.10 bits per heavy atom. The third-order valence-electron chi connectivity index (χ3n) is 5.29. The molecular formula is C22H34N4O4. The van der Waals surface area contributed by atoms with E-state index in [2.05, 4.69) is 27.9 Å². The van der Waals surface area contributed by atoms with Gasteiger partial charge in [-0.05, 0) is 30.3 Å². The molecule has 0 aliphatic carbocycles. The van der Waals surface area contributed by atoms with E-state index in [1.165, 1.54) is 0 Å². The van der Waals surface area contributed by atoms with Crippen molar-refractivity contribution in [2.75, 3.05) is 59.7 Å². The number of ether oxygens (including phenoxy) is 3. The molecule has 0 unspecified atom stereocenters. The van der Waals surface area contributed by atoms with Crippen molar-refractivity contribution in [1.29, 1.82) is 0 Å². The van der Waals surface area contributed by atoms with Gasteiger partial charge < -0.3 is 19.3 Å². The molecule has 2 aromatic rings. The molecule has 1 saturated heterocycles. The lowest BCUT2D eigenvalue weighted by molar-refractivity contribution is 0.00445. The van der Waals surface area contributed by atoms with Crippen LogP contribution in [0, 0.1) is 0 Å². The van der Waals surface area contributed by atoms with Crippen LogP contribution in [-0.2, 0) is 17.8 Å². The van der Waals surface area contributed by atoms with E-state index in [0.717, 1.165) is 58.0 Å². The highest BCUT2D eigenvalue weighted by Crippen LogP contribution is 2.28. The van der Waals surface area contributed by atoms with Crippen LogP contribution in [0.3, 0.4) is 0 Å². The number of aliphatic hydroxyl groups excluding tert-OH is 1. The van der Waals surface area contributed by atoms with Gasteiger partial charge in [0.2, 0.25) is 0 Å². The third kappa shape index (κ3) is 6.98. The van der Waals surface area contributed by atoms with Gasteiger partial charge in [-0.2, -0.15) is 5.10 Å². The number of benzene rings is 1. The summed E-state index contributed by atoms with van der Waals surface area (Å²) in [6.07, 6.45) is 3.24. The number of aliphatic hydroxyl groups is 1. The maximum absolute atomic E-state index is 10.3. The monoisotopic (exact) mass is 418 g/mol. The van der Waals surface area contributed by atoms with E-state index in [0.29, 0.717) is 18.0 Å². The molecule has 0 amide bonds. The van der Waals surface area contributed by atoms with Gasteiger partial charge in [-0.15, -0.1) is 0 Å². The van der Waals surface area contributed by atoms with Crippen molar-refractivity contribution in [3.63, 3.8) is 0 Å². The second-order valence-corrected chi connectivity index (χ2v) is 7.50. The summed E-state index contributed by atoms with van der Waals surface area (Å²) in [5.74, 6) is 1.34. The molecule has 0 bridgehead atoms. The predicted octanol–water partition coefficient (Wildman–Crippen LogP) is 1.49. The van der Waals surface area contributed by atoms with E-state index in [-0.39, 0.29) is 6.61 Å². The van der Waals surface area contributed by atoms with Gasteiger partial charge in [0.25, 0.3) is 0 Å². The van der Waals surface area contributed by atoms with Crippen LogP contribution >= 0.6 is 0 Å². The number of hydrogen-bond donors (Lipinski definition) is 1. The van der Waals surface area contributed by atoms with Crippen molar-refractivity contribution in [2.45, 2.75) is 26.1 Å². The Balaban J connectivity index is 1.50. The average molecular weight is 419 g/mol. The van der Waals surface area contributed by atoms with Crippen LogP contribution in [0.5, 0.6) is 11.5 Å². The van der Waals surface area contributed by atoms with Gasteiger partial charge in [0.15, 0.2) is 11.5 Å². The molecule has 1 aromatic carbocycles. The zero-order valence-electron chi connectivity index (χ0n) is 18.1. The summed E-state index contributed by atoms with van der Waals surface area (Å²) < 4.78 is 18.7. The number of morpholine rings is 1. The lowest BCUT2D eigenvalue weighted by Gasteiger charge is -2.28. The molecule has 1 aliphatic heterocycles. The molecule has 8 nitrogen and oxygen atoms in total. The Labute approximate surface area is 178 Å². The maximum Gasteiger partial charge on any atom is 0.161 e. The first-order valence-corrected chi connectivity index (χ1v) is 10.7. The molecule has 1 fully saturated rings. The van der Waals surface area contributed by atoms with E-state index < -0.39 is 6.10 Å². The molecule has 3 rings (SSSR count). The van der Waals surface area contributed by atoms with Gasteiger partial charge >= 0.3 is 0 Å². The molecule has 1 N–H and O–H groups in total. The van der Waals surface area contributed by atoms with Gasteiger partial charge in [-0.3, -0.25) is 14.5 Å². The molecule has 0 spiro atoms. The summed E-state index contributed by atoms with van der Waals surface area (Å²) in [6.45, 7) is 9.69. The van der Waals surface area contributed by atoms with Gasteiger partial charge in [-0.1, -0.05) is 13.0 Å². The number of nitrogens with zero attached hydrogens (tertiary/aromatic N) is 4. The fraction of sp³-hybridized carbons (Fsp3) is 0.591. The van der Waals surface area contributed by atoms with Crippen LogP contribution in [0.25, 0.3) is 0 Å². The second-order valence-electron chi connectivity index (χ2n) is 7.50. The number of methoxy groups -OCH3 is 1. The molecule has 2 heterocycles. The summed E-state index contributed by atoms with van der Waals surface area (Å²) in [4.78, 5) is 4.56. The number of rotatable bonds is 12. The zero-order valence-corrected chi connectivity index (χ0v) is 18.1. The smallest absolute Gasteiger partial charge is 0.161 e. The summed E-state index contributed by atoms with van der Waals surface area (Å²) in [5, 5.41) is 14.6. The van der Waals surface area contributed by atoms with Crippen LogP contribution in [-0.4, -0.2) is 90.4 Å². The highest BCUT2D eigenvalue weighted by atomic mass is 16.5. The molecule has 0 saturated carbocycles. The van der Waals surface area contributed by atoms with Gasteiger partial charge in [0.1, 0.15) is 12.7 Å². The predicted molar refractivity (Wildman–Crippen MR) is 115 cm³/mol. The minimum Gasteiger partial charge on any atom is -0.493 e. The van der Waals surface area contributed by atoms with Crippen LogP contribution in [0.15, 0.2) is 36.7 Å². The second kappa shape index (κ2) is 11.9. The van der Waals surface area contributed by atoms with Crippen LogP contribution < -0.4 is 9.47 Å². The Hall–Kier alpha value is -2.13. The van der Waals surface area contributed by atoms with Crippen LogP contribution in [0.1, 0.15) is 12.5 Å². The molecule has 30 heavy (non-hydrogen) atoms. The molecular weight excluding hydrogens is 384 g/mol. The van der Waals surface area contributed by atoms with Crippen molar-refractivity contribution in [3.8, 4) is 11.5 Å².